The van der Waals surface area contributed by atoms with Gasteiger partial charge < -0.3 is 15.0 Å². The molecule has 22 heavy (non-hydrogen) atoms. The van der Waals surface area contributed by atoms with Crippen LogP contribution in [0, 0.1) is 0 Å². The summed E-state index contributed by atoms with van der Waals surface area (Å²) in [6, 6.07) is 0. The zero-order chi connectivity index (χ0) is 16.3. The van der Waals surface area contributed by atoms with E-state index in [1.54, 1.807) is 0 Å². The number of rotatable bonds is 5. The summed E-state index contributed by atoms with van der Waals surface area (Å²) in [5, 5.41) is 2.84. The summed E-state index contributed by atoms with van der Waals surface area (Å²) in [4.78, 5) is 22.8. The monoisotopic (exact) mass is 306 g/mol. The number of nitrogens with zero attached hydrogens (tertiary/aromatic N) is 3. The molecule has 0 aliphatic heterocycles. The van der Waals surface area contributed by atoms with E-state index in [0.29, 0.717) is 5.92 Å². The molecular formula is C16H26N4O2. The topological polar surface area (TPSA) is 67.4 Å². The lowest BCUT2D eigenvalue weighted by Gasteiger charge is -2.31. The molecule has 0 aromatic carbocycles. The fourth-order valence-electron chi connectivity index (χ4n) is 2.27. The molecule has 0 spiro atoms. The van der Waals surface area contributed by atoms with Crippen LogP contribution >= 0.6 is 0 Å². The van der Waals surface area contributed by atoms with Gasteiger partial charge in [0.05, 0.1) is 18.1 Å². The number of aromatic nitrogens is 2. The maximum absolute atomic E-state index is 11.9. The summed E-state index contributed by atoms with van der Waals surface area (Å²) >= 11 is 0. The Kier molecular flexibility index (Phi) is 4.88. The summed E-state index contributed by atoms with van der Waals surface area (Å²) < 4.78 is 5.29. The van der Waals surface area contributed by atoms with Crippen molar-refractivity contribution in [3.05, 3.63) is 18.2 Å². The largest absolute Gasteiger partial charge is 0.444 e. The van der Waals surface area contributed by atoms with Gasteiger partial charge in [0.15, 0.2) is 0 Å². The second-order valence-electron chi connectivity index (χ2n) is 6.68. The van der Waals surface area contributed by atoms with Crippen LogP contribution in [0.15, 0.2) is 12.4 Å². The molecule has 2 rings (SSSR count). The first-order valence-corrected chi connectivity index (χ1v) is 7.88. The first-order chi connectivity index (χ1) is 10.3. The van der Waals surface area contributed by atoms with Gasteiger partial charge in [0.1, 0.15) is 17.6 Å². The van der Waals surface area contributed by atoms with E-state index in [0.717, 1.165) is 18.1 Å². The molecule has 1 heterocycles. The molecule has 1 saturated carbocycles. The SMILES string of the molecule is CCN(c1cnc(C2CC2)nc1)C(C)NC(=O)OC(C)(C)C. The number of nitrogens with one attached hydrogen (secondary N) is 1. The Balaban J connectivity index is 1.98. The van der Waals surface area contributed by atoms with E-state index < -0.39 is 11.7 Å². The minimum Gasteiger partial charge on any atom is -0.444 e. The molecule has 1 atom stereocenters. The summed E-state index contributed by atoms with van der Waals surface area (Å²) in [5.41, 5.74) is 0.394. The molecule has 0 saturated heterocycles. The van der Waals surface area contributed by atoms with Crippen LogP contribution in [-0.2, 0) is 4.74 Å². The highest BCUT2D eigenvalue weighted by molar-refractivity contribution is 5.68. The number of carbonyl (C=O) groups excluding carboxylic acids is 1. The average molecular weight is 306 g/mol. The Labute approximate surface area is 132 Å². The van der Waals surface area contributed by atoms with E-state index in [1.165, 1.54) is 12.8 Å². The number of hydrogen-bond acceptors (Lipinski definition) is 5. The van der Waals surface area contributed by atoms with Crippen molar-refractivity contribution in [3.63, 3.8) is 0 Å². The number of alkyl carbamates (subject to hydrolysis) is 1. The van der Waals surface area contributed by atoms with Gasteiger partial charge in [-0.2, -0.15) is 0 Å². The smallest absolute Gasteiger partial charge is 0.409 e. The molecule has 1 aromatic rings. The van der Waals surface area contributed by atoms with Gasteiger partial charge >= 0.3 is 6.09 Å². The molecule has 0 radical (unpaired) electrons. The third-order valence-corrected chi connectivity index (χ3v) is 3.47. The van der Waals surface area contributed by atoms with Crippen molar-refractivity contribution in [1.82, 2.24) is 15.3 Å². The van der Waals surface area contributed by atoms with E-state index in [4.69, 9.17) is 4.74 Å². The number of carbonyl (C=O) groups is 1. The van der Waals surface area contributed by atoms with Crippen molar-refractivity contribution in [3.8, 4) is 0 Å². The molecular weight excluding hydrogens is 280 g/mol. The lowest BCUT2D eigenvalue weighted by molar-refractivity contribution is 0.0507. The van der Waals surface area contributed by atoms with Gasteiger partial charge in [-0.15, -0.1) is 0 Å². The summed E-state index contributed by atoms with van der Waals surface area (Å²) in [6.07, 6.45) is 5.42. The summed E-state index contributed by atoms with van der Waals surface area (Å²) in [6.45, 7) is 10.2. The van der Waals surface area contributed by atoms with E-state index in [-0.39, 0.29) is 6.17 Å². The van der Waals surface area contributed by atoms with Crippen molar-refractivity contribution in [2.75, 3.05) is 11.4 Å². The highest BCUT2D eigenvalue weighted by atomic mass is 16.6. The normalized spacial score (nSPS) is 16.0. The molecule has 1 unspecified atom stereocenters. The molecule has 1 N–H and O–H groups in total. The van der Waals surface area contributed by atoms with Crippen LogP contribution in [0.4, 0.5) is 10.5 Å². The molecule has 1 aromatic heterocycles. The quantitative estimate of drug-likeness (QED) is 0.847. The van der Waals surface area contributed by atoms with Crippen LogP contribution in [0.3, 0.4) is 0 Å². The Morgan fingerprint density at radius 3 is 2.45 bits per heavy atom. The maximum Gasteiger partial charge on any atom is 0.409 e. The highest BCUT2D eigenvalue weighted by Crippen LogP contribution is 2.37. The van der Waals surface area contributed by atoms with Crippen LogP contribution in [0.1, 0.15) is 59.2 Å². The Hall–Kier alpha value is -1.85. The Morgan fingerprint density at radius 1 is 1.41 bits per heavy atom. The second kappa shape index (κ2) is 6.50. The van der Waals surface area contributed by atoms with Gasteiger partial charge in [0.25, 0.3) is 0 Å². The van der Waals surface area contributed by atoms with E-state index >= 15 is 0 Å². The third kappa shape index (κ3) is 4.58. The fourth-order valence-corrected chi connectivity index (χ4v) is 2.27. The maximum atomic E-state index is 11.9. The van der Waals surface area contributed by atoms with Gasteiger partial charge in [-0.3, -0.25) is 0 Å². The highest BCUT2D eigenvalue weighted by Gasteiger charge is 2.27. The number of amides is 1. The molecule has 0 bridgehead atoms. The lowest BCUT2D eigenvalue weighted by atomic mass is 10.2. The number of ether oxygens (including phenoxy) is 1. The minimum atomic E-state index is -0.504. The molecule has 6 nitrogen and oxygen atoms in total. The van der Waals surface area contributed by atoms with Crippen LogP contribution < -0.4 is 10.2 Å². The lowest BCUT2D eigenvalue weighted by Crippen LogP contribution is -2.48. The van der Waals surface area contributed by atoms with Crippen LogP contribution in [-0.4, -0.2) is 34.4 Å². The number of hydrogen-bond donors (Lipinski definition) is 1. The van der Waals surface area contributed by atoms with Crippen LogP contribution in [0.5, 0.6) is 0 Å². The Bertz CT molecular complexity index is 506. The van der Waals surface area contributed by atoms with E-state index in [2.05, 4.69) is 15.3 Å². The van der Waals surface area contributed by atoms with Crippen LogP contribution in [0.2, 0.25) is 0 Å². The summed E-state index contributed by atoms with van der Waals surface area (Å²) in [7, 11) is 0. The standard InChI is InChI=1S/C16H26N4O2/c1-6-20(11(2)19-15(21)22-16(3,4)5)13-9-17-14(18-10-13)12-7-8-12/h9-12H,6-8H2,1-5H3,(H,19,21). The van der Waals surface area contributed by atoms with Crippen molar-refractivity contribution in [2.24, 2.45) is 0 Å². The summed E-state index contributed by atoms with van der Waals surface area (Å²) in [5.74, 6) is 1.47. The van der Waals surface area contributed by atoms with Gasteiger partial charge in [-0.25, -0.2) is 14.8 Å². The van der Waals surface area contributed by atoms with Crippen molar-refractivity contribution in [2.45, 2.75) is 65.1 Å². The molecule has 6 heteroatoms. The molecule has 1 aliphatic carbocycles. The van der Waals surface area contributed by atoms with Crippen molar-refractivity contribution in [1.29, 1.82) is 0 Å². The second-order valence-corrected chi connectivity index (χ2v) is 6.68. The molecule has 1 amide bonds. The van der Waals surface area contributed by atoms with Gasteiger partial charge in [-0.05, 0) is 47.5 Å². The first kappa shape index (κ1) is 16.5. The van der Waals surface area contributed by atoms with Crippen molar-refractivity contribution >= 4 is 11.8 Å². The predicted molar refractivity (Wildman–Crippen MR) is 85.9 cm³/mol. The van der Waals surface area contributed by atoms with E-state index in [1.807, 2.05) is 51.9 Å². The van der Waals surface area contributed by atoms with Crippen LogP contribution in [0.25, 0.3) is 0 Å². The van der Waals surface area contributed by atoms with Gasteiger partial charge in [-0.1, -0.05) is 0 Å². The number of anilines is 1. The molecule has 1 aliphatic rings. The predicted octanol–water partition coefficient (Wildman–Crippen LogP) is 3.05. The molecule has 122 valence electrons. The molecule has 1 fully saturated rings. The third-order valence-electron chi connectivity index (χ3n) is 3.47. The van der Waals surface area contributed by atoms with Gasteiger partial charge in [0.2, 0.25) is 0 Å². The fraction of sp³-hybridized carbons (Fsp3) is 0.688. The van der Waals surface area contributed by atoms with Gasteiger partial charge in [0, 0.05) is 12.5 Å². The van der Waals surface area contributed by atoms with E-state index in [9.17, 15) is 4.79 Å². The zero-order valence-corrected chi connectivity index (χ0v) is 14.1. The average Bonchev–Trinajstić information content (AvgIpc) is 3.22. The first-order valence-electron chi connectivity index (χ1n) is 7.88. The van der Waals surface area contributed by atoms with Crippen molar-refractivity contribution < 1.29 is 9.53 Å². The minimum absolute atomic E-state index is 0.199. The Morgan fingerprint density at radius 2 is 2.00 bits per heavy atom. The zero-order valence-electron chi connectivity index (χ0n) is 14.1.